The summed E-state index contributed by atoms with van der Waals surface area (Å²) >= 11 is 0. The summed E-state index contributed by atoms with van der Waals surface area (Å²) in [5.41, 5.74) is 0. The SMILES string of the molecule is OB(O)O.[BaH2]. The van der Waals surface area contributed by atoms with E-state index in [2.05, 4.69) is 0 Å². The van der Waals surface area contributed by atoms with Crippen molar-refractivity contribution >= 4 is 56.2 Å². The molecule has 0 atom stereocenters. The Morgan fingerprint density at radius 3 is 1.00 bits per heavy atom. The van der Waals surface area contributed by atoms with E-state index in [1.165, 1.54) is 0 Å². The van der Waals surface area contributed by atoms with Crippen LogP contribution in [0.15, 0.2) is 0 Å². The van der Waals surface area contributed by atoms with Gasteiger partial charge in [-0.05, 0) is 0 Å². The summed E-state index contributed by atoms with van der Waals surface area (Å²) in [6, 6.07) is 0. The first-order valence-corrected chi connectivity index (χ1v) is 0.775. The van der Waals surface area contributed by atoms with E-state index >= 15 is 0 Å². The second-order valence-electron chi connectivity index (χ2n) is 0.346. The monoisotopic (exact) mass is 202 g/mol. The van der Waals surface area contributed by atoms with Crippen molar-refractivity contribution in [2.24, 2.45) is 0 Å². The molecule has 0 bridgehead atoms. The van der Waals surface area contributed by atoms with Crippen LogP contribution in [0, 0.1) is 0 Å². The molecule has 0 aromatic rings. The average molecular weight is 201 g/mol. The van der Waals surface area contributed by atoms with Crippen LogP contribution in [0.25, 0.3) is 0 Å². The van der Waals surface area contributed by atoms with Crippen molar-refractivity contribution in [3.05, 3.63) is 0 Å². The molecule has 0 amide bonds. The van der Waals surface area contributed by atoms with Crippen LogP contribution < -0.4 is 0 Å². The Morgan fingerprint density at radius 1 is 1.00 bits per heavy atom. The van der Waals surface area contributed by atoms with Gasteiger partial charge in [0.1, 0.15) is 0 Å². The first-order valence-electron chi connectivity index (χ1n) is 0.775. The Balaban J connectivity index is 0. The predicted molar refractivity (Wildman–Crippen MR) is 21.0 cm³/mol. The molecule has 0 aliphatic rings. The third-order valence-electron chi connectivity index (χ3n) is 0. The zero-order valence-corrected chi connectivity index (χ0v) is 1.92. The predicted octanol–water partition coefficient (Wildman–Crippen LogP) is -2.97. The van der Waals surface area contributed by atoms with Crippen LogP contribution in [0.3, 0.4) is 0 Å². The molecule has 0 aliphatic carbocycles. The molecular formula is H5BBaO3. The quantitative estimate of drug-likeness (QED) is 0.367. The standard InChI is InChI=1S/BH3O3.Ba.2H/c2-1(3)4;;;/h2-4H;;;. The van der Waals surface area contributed by atoms with E-state index in [9.17, 15) is 0 Å². The molecule has 0 unspecified atom stereocenters. The molecule has 0 saturated carbocycles. The van der Waals surface area contributed by atoms with E-state index in [0.717, 1.165) is 0 Å². The van der Waals surface area contributed by atoms with Gasteiger partial charge in [0.2, 0.25) is 0 Å². The molecule has 5 heteroatoms. The van der Waals surface area contributed by atoms with Crippen molar-refractivity contribution in [1.82, 2.24) is 0 Å². The Bertz CT molecular complexity index is 11.6. The van der Waals surface area contributed by atoms with Crippen molar-refractivity contribution in [1.29, 1.82) is 0 Å². The maximum absolute atomic E-state index is 7.17. The van der Waals surface area contributed by atoms with Crippen molar-refractivity contribution in [3.8, 4) is 0 Å². The second-order valence-corrected chi connectivity index (χ2v) is 0.346. The van der Waals surface area contributed by atoms with Gasteiger partial charge < -0.3 is 15.1 Å². The zero-order valence-electron chi connectivity index (χ0n) is 1.92. The van der Waals surface area contributed by atoms with Gasteiger partial charge in [-0.3, -0.25) is 0 Å². The zero-order chi connectivity index (χ0) is 3.58. The maximum atomic E-state index is 7.17. The molecule has 0 aromatic carbocycles. The normalized spacial score (nSPS) is 5.40. The van der Waals surface area contributed by atoms with Gasteiger partial charge in [0.25, 0.3) is 0 Å². The Kier molecular flexibility index (Phi) is 10.7. The van der Waals surface area contributed by atoms with E-state index in [1.807, 2.05) is 0 Å². The van der Waals surface area contributed by atoms with Crippen LogP contribution in [0.5, 0.6) is 0 Å². The minimum atomic E-state index is -2.17. The molecule has 0 spiro atoms. The van der Waals surface area contributed by atoms with Gasteiger partial charge >= 0.3 is 56.2 Å². The minimum absolute atomic E-state index is 0. The second kappa shape index (κ2) is 5.52. The summed E-state index contributed by atoms with van der Waals surface area (Å²) in [6.45, 7) is 0. The molecular weight excluding hydrogens is 196 g/mol. The molecule has 3 nitrogen and oxygen atoms in total. The topological polar surface area (TPSA) is 60.7 Å². The Morgan fingerprint density at radius 2 is 1.00 bits per heavy atom. The molecule has 28 valence electrons. The fraction of sp³-hybridized carbons (Fsp3) is 0. The van der Waals surface area contributed by atoms with Gasteiger partial charge in [-0.1, -0.05) is 0 Å². The molecule has 5 heavy (non-hydrogen) atoms. The Labute approximate surface area is 70.3 Å². The van der Waals surface area contributed by atoms with Crippen LogP contribution in [0.2, 0.25) is 0 Å². The van der Waals surface area contributed by atoms with Gasteiger partial charge in [0, 0.05) is 0 Å². The van der Waals surface area contributed by atoms with E-state index < -0.39 is 7.32 Å². The molecule has 0 aliphatic heterocycles. The van der Waals surface area contributed by atoms with Gasteiger partial charge in [0.15, 0.2) is 0 Å². The summed E-state index contributed by atoms with van der Waals surface area (Å²) in [5, 5.41) is 21.5. The third-order valence-corrected chi connectivity index (χ3v) is 0. The third kappa shape index (κ3) is 29.7. The van der Waals surface area contributed by atoms with Crippen LogP contribution in [-0.2, 0) is 0 Å². The van der Waals surface area contributed by atoms with Crippen molar-refractivity contribution in [2.45, 2.75) is 0 Å². The van der Waals surface area contributed by atoms with E-state index in [0.29, 0.717) is 0 Å². The molecule has 0 rings (SSSR count). The van der Waals surface area contributed by atoms with E-state index in [1.54, 1.807) is 0 Å². The first-order chi connectivity index (χ1) is 1.73. The average Bonchev–Trinajstić information content (AvgIpc) is 0.811. The summed E-state index contributed by atoms with van der Waals surface area (Å²) < 4.78 is 0. The molecule has 0 heterocycles. The molecule has 0 saturated heterocycles. The Hall–Kier alpha value is 1.52. The van der Waals surface area contributed by atoms with E-state index in [-0.39, 0.29) is 48.9 Å². The van der Waals surface area contributed by atoms with Crippen LogP contribution in [0.4, 0.5) is 0 Å². The van der Waals surface area contributed by atoms with Crippen LogP contribution in [-0.4, -0.2) is 71.3 Å². The van der Waals surface area contributed by atoms with Gasteiger partial charge in [-0.15, -0.1) is 0 Å². The van der Waals surface area contributed by atoms with Crippen LogP contribution >= 0.6 is 0 Å². The van der Waals surface area contributed by atoms with E-state index in [4.69, 9.17) is 15.1 Å². The summed E-state index contributed by atoms with van der Waals surface area (Å²) in [7, 11) is -2.17. The molecule has 0 radical (unpaired) electrons. The molecule has 0 fully saturated rings. The van der Waals surface area contributed by atoms with Crippen molar-refractivity contribution in [3.63, 3.8) is 0 Å². The first kappa shape index (κ1) is 9.72. The molecule has 3 N–H and O–H groups in total. The van der Waals surface area contributed by atoms with Gasteiger partial charge in [-0.25, -0.2) is 0 Å². The van der Waals surface area contributed by atoms with Crippen molar-refractivity contribution in [2.75, 3.05) is 0 Å². The van der Waals surface area contributed by atoms with Crippen molar-refractivity contribution < 1.29 is 15.1 Å². The van der Waals surface area contributed by atoms with Crippen LogP contribution in [0.1, 0.15) is 0 Å². The number of rotatable bonds is 0. The fourth-order valence-electron chi connectivity index (χ4n) is 0. The van der Waals surface area contributed by atoms with Gasteiger partial charge in [-0.2, -0.15) is 0 Å². The summed E-state index contributed by atoms with van der Waals surface area (Å²) in [4.78, 5) is 0. The number of hydrogen-bond donors (Lipinski definition) is 3. The van der Waals surface area contributed by atoms with Gasteiger partial charge in [0.05, 0.1) is 0 Å². The summed E-state index contributed by atoms with van der Waals surface area (Å²) in [5.74, 6) is 0. The summed E-state index contributed by atoms with van der Waals surface area (Å²) in [6.07, 6.45) is 0. The molecule has 0 aromatic heterocycles. The fourth-order valence-corrected chi connectivity index (χ4v) is 0. The number of hydrogen-bond acceptors (Lipinski definition) is 3.